The first-order chi connectivity index (χ1) is 13.8. The van der Waals surface area contributed by atoms with Crippen LogP contribution in [0.15, 0.2) is 48.7 Å². The van der Waals surface area contributed by atoms with Crippen LogP contribution in [0.5, 0.6) is 0 Å². The molecule has 1 heterocycles. The Labute approximate surface area is 166 Å². The molecule has 2 N–H and O–H groups in total. The lowest BCUT2D eigenvalue weighted by Crippen LogP contribution is -2.16. The van der Waals surface area contributed by atoms with E-state index >= 15 is 0 Å². The van der Waals surface area contributed by atoms with Gasteiger partial charge in [-0.2, -0.15) is 5.10 Å². The smallest absolute Gasteiger partial charge is 0.259 e. The van der Waals surface area contributed by atoms with Crippen molar-refractivity contribution in [2.75, 3.05) is 10.6 Å². The Morgan fingerprint density at radius 1 is 1.03 bits per heavy atom. The maximum atomic E-state index is 14.2. The predicted molar refractivity (Wildman–Crippen MR) is 106 cm³/mol. The molecule has 0 aliphatic heterocycles. The van der Waals surface area contributed by atoms with Crippen molar-refractivity contribution in [2.45, 2.75) is 26.7 Å². The van der Waals surface area contributed by atoms with E-state index in [0.717, 1.165) is 6.07 Å². The Kier molecular flexibility index (Phi) is 5.72. The summed E-state index contributed by atoms with van der Waals surface area (Å²) in [4.78, 5) is 24.0. The van der Waals surface area contributed by atoms with Crippen molar-refractivity contribution in [1.29, 1.82) is 0 Å². The number of hydrogen-bond acceptors (Lipinski definition) is 3. The normalized spacial score (nSPS) is 10.8. The summed E-state index contributed by atoms with van der Waals surface area (Å²) >= 11 is 0. The van der Waals surface area contributed by atoms with Gasteiger partial charge in [0.1, 0.15) is 11.6 Å². The fourth-order valence-electron chi connectivity index (χ4n) is 2.97. The molecule has 0 saturated heterocycles. The van der Waals surface area contributed by atoms with Crippen LogP contribution in [0, 0.1) is 11.6 Å². The molecule has 8 heteroatoms. The lowest BCUT2D eigenvalue weighted by Gasteiger charge is -2.13. The van der Waals surface area contributed by atoms with Crippen molar-refractivity contribution in [3.05, 3.63) is 71.6 Å². The molecule has 0 radical (unpaired) electrons. The number of nitrogens with one attached hydrogen (secondary N) is 2. The van der Waals surface area contributed by atoms with E-state index < -0.39 is 11.7 Å². The second-order valence-corrected chi connectivity index (χ2v) is 6.82. The molecule has 2 amide bonds. The lowest BCUT2D eigenvalue weighted by molar-refractivity contribution is -0.114. The number of aromatic nitrogens is 2. The number of hydrogen-bond donors (Lipinski definition) is 2. The van der Waals surface area contributed by atoms with Crippen molar-refractivity contribution < 1.29 is 18.4 Å². The maximum Gasteiger partial charge on any atom is 0.259 e. The first kappa shape index (κ1) is 20.2. The average molecular weight is 398 g/mol. The summed E-state index contributed by atoms with van der Waals surface area (Å²) in [6.07, 6.45) is 1.39. The molecule has 0 fully saturated rings. The van der Waals surface area contributed by atoms with E-state index in [2.05, 4.69) is 15.7 Å². The molecule has 6 nitrogen and oxygen atoms in total. The molecule has 3 rings (SSSR count). The lowest BCUT2D eigenvalue weighted by atomic mass is 10.0. The van der Waals surface area contributed by atoms with E-state index in [1.165, 1.54) is 37.4 Å². The van der Waals surface area contributed by atoms with Crippen LogP contribution in [-0.2, 0) is 4.79 Å². The van der Waals surface area contributed by atoms with E-state index in [4.69, 9.17) is 0 Å². The zero-order chi connectivity index (χ0) is 21.1. The van der Waals surface area contributed by atoms with Crippen LogP contribution in [0.1, 0.15) is 42.7 Å². The fraction of sp³-hybridized carbons (Fsp3) is 0.190. The third kappa shape index (κ3) is 4.48. The maximum absolute atomic E-state index is 14.2. The summed E-state index contributed by atoms with van der Waals surface area (Å²) in [5, 5.41) is 9.33. The molecule has 3 aromatic rings. The van der Waals surface area contributed by atoms with Crippen LogP contribution in [0.4, 0.5) is 20.2 Å². The third-order valence-electron chi connectivity index (χ3n) is 4.20. The topological polar surface area (TPSA) is 76.0 Å². The Morgan fingerprint density at radius 2 is 1.72 bits per heavy atom. The SMILES string of the molecule is CC(=O)Nc1ccc(F)c(NC(=O)c2cnn(-c3ccc(F)cc3)c2C(C)C)c1. The van der Waals surface area contributed by atoms with Gasteiger partial charge in [-0.25, -0.2) is 13.5 Å². The van der Waals surface area contributed by atoms with Crippen LogP contribution < -0.4 is 10.6 Å². The molecule has 1 aromatic heterocycles. The van der Waals surface area contributed by atoms with Gasteiger partial charge in [0.15, 0.2) is 0 Å². The summed E-state index contributed by atoms with van der Waals surface area (Å²) in [6, 6.07) is 9.64. The van der Waals surface area contributed by atoms with Gasteiger partial charge >= 0.3 is 0 Å². The number of rotatable bonds is 5. The molecule has 0 saturated carbocycles. The van der Waals surface area contributed by atoms with Crippen molar-refractivity contribution in [1.82, 2.24) is 9.78 Å². The van der Waals surface area contributed by atoms with Gasteiger partial charge < -0.3 is 10.6 Å². The van der Waals surface area contributed by atoms with Crippen LogP contribution in [0.3, 0.4) is 0 Å². The molecule has 0 aliphatic carbocycles. The highest BCUT2D eigenvalue weighted by molar-refractivity contribution is 6.05. The molecule has 0 atom stereocenters. The van der Waals surface area contributed by atoms with Gasteiger partial charge in [-0.05, 0) is 48.4 Å². The number of amides is 2. The molecule has 2 aromatic carbocycles. The second kappa shape index (κ2) is 8.22. The Morgan fingerprint density at radius 3 is 2.34 bits per heavy atom. The van der Waals surface area contributed by atoms with Crippen LogP contribution in [-0.4, -0.2) is 21.6 Å². The van der Waals surface area contributed by atoms with Crippen molar-refractivity contribution in [3.8, 4) is 5.69 Å². The Balaban J connectivity index is 1.94. The van der Waals surface area contributed by atoms with Crippen LogP contribution in [0.25, 0.3) is 5.69 Å². The number of nitrogens with zero attached hydrogens (tertiary/aromatic N) is 2. The highest BCUT2D eigenvalue weighted by Crippen LogP contribution is 2.26. The van der Waals surface area contributed by atoms with Gasteiger partial charge in [0.05, 0.1) is 28.8 Å². The molecule has 0 bridgehead atoms. The summed E-state index contributed by atoms with van der Waals surface area (Å²) in [5.41, 5.74) is 1.78. The van der Waals surface area contributed by atoms with Gasteiger partial charge in [0.2, 0.25) is 5.91 Å². The van der Waals surface area contributed by atoms with E-state index in [9.17, 15) is 18.4 Å². The van der Waals surface area contributed by atoms with E-state index in [1.807, 2.05) is 13.8 Å². The number of carbonyl (C=O) groups is 2. The van der Waals surface area contributed by atoms with E-state index in [0.29, 0.717) is 17.1 Å². The molecule has 0 unspecified atom stereocenters. The first-order valence-electron chi connectivity index (χ1n) is 8.98. The highest BCUT2D eigenvalue weighted by atomic mass is 19.1. The van der Waals surface area contributed by atoms with Crippen molar-refractivity contribution >= 4 is 23.2 Å². The largest absolute Gasteiger partial charge is 0.326 e. The number of carbonyl (C=O) groups excluding carboxylic acids is 2. The quantitative estimate of drug-likeness (QED) is 0.665. The van der Waals surface area contributed by atoms with Crippen molar-refractivity contribution in [3.63, 3.8) is 0 Å². The minimum Gasteiger partial charge on any atom is -0.326 e. The van der Waals surface area contributed by atoms with Crippen LogP contribution >= 0.6 is 0 Å². The summed E-state index contributed by atoms with van der Waals surface area (Å²) in [7, 11) is 0. The number of halogens is 2. The molecular weight excluding hydrogens is 378 g/mol. The highest BCUT2D eigenvalue weighted by Gasteiger charge is 2.22. The first-order valence-corrected chi connectivity index (χ1v) is 8.98. The molecule has 0 aliphatic rings. The minimum atomic E-state index is -0.635. The average Bonchev–Trinajstić information content (AvgIpc) is 3.10. The zero-order valence-corrected chi connectivity index (χ0v) is 16.2. The molecule has 150 valence electrons. The predicted octanol–water partition coefficient (Wildman–Crippen LogP) is 4.48. The standard InChI is InChI=1S/C21H20F2N4O2/c1-12(2)20-17(11-24-27(20)16-7-4-14(22)5-8-16)21(29)26-19-10-15(25-13(3)28)6-9-18(19)23/h4-12H,1-3H3,(H,25,28)(H,26,29). The van der Waals surface area contributed by atoms with Gasteiger partial charge in [-0.3, -0.25) is 9.59 Å². The minimum absolute atomic E-state index is 0.0644. The molecule has 0 spiro atoms. The third-order valence-corrected chi connectivity index (χ3v) is 4.20. The molecule has 29 heavy (non-hydrogen) atoms. The summed E-state index contributed by atoms with van der Waals surface area (Å²) in [5.74, 6) is -1.94. The Bertz CT molecular complexity index is 1060. The molecular formula is C21H20F2N4O2. The van der Waals surface area contributed by atoms with E-state index in [1.54, 1.807) is 16.8 Å². The second-order valence-electron chi connectivity index (χ2n) is 6.82. The van der Waals surface area contributed by atoms with Gasteiger partial charge in [0.25, 0.3) is 5.91 Å². The zero-order valence-electron chi connectivity index (χ0n) is 16.2. The fourth-order valence-corrected chi connectivity index (χ4v) is 2.97. The van der Waals surface area contributed by atoms with E-state index in [-0.39, 0.29) is 28.9 Å². The van der Waals surface area contributed by atoms with Gasteiger partial charge in [-0.15, -0.1) is 0 Å². The van der Waals surface area contributed by atoms with Gasteiger partial charge in [0, 0.05) is 12.6 Å². The van der Waals surface area contributed by atoms with Gasteiger partial charge in [-0.1, -0.05) is 13.8 Å². The summed E-state index contributed by atoms with van der Waals surface area (Å²) in [6.45, 7) is 5.12. The van der Waals surface area contributed by atoms with Crippen molar-refractivity contribution in [2.24, 2.45) is 0 Å². The number of benzene rings is 2. The van der Waals surface area contributed by atoms with Crippen LogP contribution in [0.2, 0.25) is 0 Å². The number of anilines is 2. The Hall–Kier alpha value is -3.55. The summed E-state index contributed by atoms with van der Waals surface area (Å²) < 4.78 is 29.0. The monoisotopic (exact) mass is 398 g/mol.